The molecule has 1 heterocycles. The van der Waals surface area contributed by atoms with Gasteiger partial charge in [-0.3, -0.25) is 9.59 Å². The average molecular weight is 375 g/mol. The van der Waals surface area contributed by atoms with Gasteiger partial charge in [0.25, 0.3) is 0 Å². The first kappa shape index (κ1) is 18.2. The molecule has 1 aliphatic rings. The Labute approximate surface area is 156 Å². The summed E-state index contributed by atoms with van der Waals surface area (Å²) in [7, 11) is 0. The first-order valence-corrected chi connectivity index (χ1v) is 8.65. The highest BCUT2D eigenvalue weighted by molar-refractivity contribution is 6.39. The molecule has 0 bridgehead atoms. The largest absolute Gasteiger partial charge is 0.489 e. The third kappa shape index (κ3) is 4.97. The number of carbonyl (C=O) groups excluding carboxylic acids is 2. The molecule has 1 aliphatic heterocycles. The lowest BCUT2D eigenvalue weighted by atomic mass is 10.2. The molecule has 26 heavy (non-hydrogen) atoms. The molecule has 2 aromatic rings. The van der Waals surface area contributed by atoms with Gasteiger partial charge in [-0.2, -0.15) is 0 Å². The number of carbonyl (C=O) groups is 2. The Morgan fingerprint density at radius 3 is 2.35 bits per heavy atom. The maximum atomic E-state index is 12.1. The smallest absolute Gasteiger partial charge is 0.313 e. The van der Waals surface area contributed by atoms with E-state index >= 15 is 0 Å². The van der Waals surface area contributed by atoms with Gasteiger partial charge in [0, 0.05) is 23.8 Å². The summed E-state index contributed by atoms with van der Waals surface area (Å²) in [6.07, 6.45) is 0. The Balaban J connectivity index is 1.51. The second-order valence-electron chi connectivity index (χ2n) is 5.80. The Kier molecular flexibility index (Phi) is 6.09. The van der Waals surface area contributed by atoms with Gasteiger partial charge >= 0.3 is 11.8 Å². The van der Waals surface area contributed by atoms with Gasteiger partial charge in [-0.15, -0.1) is 0 Å². The fourth-order valence-corrected chi connectivity index (χ4v) is 2.60. The van der Waals surface area contributed by atoms with Crippen LogP contribution in [0.4, 0.5) is 5.69 Å². The number of anilines is 1. The zero-order valence-electron chi connectivity index (χ0n) is 14.1. The van der Waals surface area contributed by atoms with E-state index in [-0.39, 0.29) is 0 Å². The average Bonchev–Trinajstić information content (AvgIpc) is 2.68. The highest BCUT2D eigenvalue weighted by atomic mass is 35.5. The molecule has 0 atom stereocenters. The summed E-state index contributed by atoms with van der Waals surface area (Å²) in [6, 6.07) is 14.3. The van der Waals surface area contributed by atoms with Crippen molar-refractivity contribution in [2.45, 2.75) is 6.61 Å². The number of nitrogens with zero attached hydrogens (tertiary/aromatic N) is 1. The monoisotopic (exact) mass is 374 g/mol. The molecule has 0 unspecified atom stereocenters. The second-order valence-corrected chi connectivity index (χ2v) is 6.23. The SMILES string of the molecule is O=C(Nc1ccc(OCc2ccc(Cl)cc2)cc1)C(=O)N1CCOCC1. The lowest BCUT2D eigenvalue weighted by Gasteiger charge is -2.26. The summed E-state index contributed by atoms with van der Waals surface area (Å²) in [5, 5.41) is 3.29. The Morgan fingerprint density at radius 2 is 1.69 bits per heavy atom. The fraction of sp³-hybridized carbons (Fsp3) is 0.263. The van der Waals surface area contributed by atoms with E-state index in [0.717, 1.165) is 5.56 Å². The van der Waals surface area contributed by atoms with Crippen molar-refractivity contribution in [3.05, 3.63) is 59.1 Å². The van der Waals surface area contributed by atoms with Crippen molar-refractivity contribution in [3.8, 4) is 5.75 Å². The highest BCUT2D eigenvalue weighted by Crippen LogP contribution is 2.18. The van der Waals surface area contributed by atoms with Gasteiger partial charge in [-0.25, -0.2) is 0 Å². The molecule has 0 aromatic heterocycles. The standard InChI is InChI=1S/C19H19ClN2O4/c20-15-3-1-14(2-4-15)13-26-17-7-5-16(6-8-17)21-18(23)19(24)22-9-11-25-12-10-22/h1-8H,9-13H2,(H,21,23). The maximum Gasteiger partial charge on any atom is 0.313 e. The first-order chi connectivity index (χ1) is 12.6. The molecule has 2 aromatic carbocycles. The van der Waals surface area contributed by atoms with Gasteiger partial charge in [-0.05, 0) is 42.0 Å². The van der Waals surface area contributed by atoms with Crippen LogP contribution >= 0.6 is 11.6 Å². The minimum Gasteiger partial charge on any atom is -0.489 e. The van der Waals surface area contributed by atoms with E-state index < -0.39 is 11.8 Å². The lowest BCUT2D eigenvalue weighted by molar-refractivity contribution is -0.145. The predicted octanol–water partition coefficient (Wildman–Crippen LogP) is 2.72. The van der Waals surface area contributed by atoms with Crippen molar-refractivity contribution < 1.29 is 19.1 Å². The van der Waals surface area contributed by atoms with Crippen LogP contribution in [0.1, 0.15) is 5.56 Å². The van der Waals surface area contributed by atoms with E-state index in [4.69, 9.17) is 21.1 Å². The number of amides is 2. The van der Waals surface area contributed by atoms with Gasteiger partial charge in [0.2, 0.25) is 0 Å². The molecule has 136 valence electrons. The van der Waals surface area contributed by atoms with Gasteiger partial charge in [-0.1, -0.05) is 23.7 Å². The summed E-state index contributed by atoms with van der Waals surface area (Å²) in [5.74, 6) is -0.532. The number of halogens is 1. The number of ether oxygens (including phenoxy) is 2. The lowest BCUT2D eigenvalue weighted by Crippen LogP contribution is -2.45. The Morgan fingerprint density at radius 1 is 1.04 bits per heavy atom. The van der Waals surface area contributed by atoms with Crippen LogP contribution in [0, 0.1) is 0 Å². The van der Waals surface area contributed by atoms with Gasteiger partial charge < -0.3 is 19.7 Å². The van der Waals surface area contributed by atoms with E-state index in [1.54, 1.807) is 24.3 Å². The van der Waals surface area contributed by atoms with Crippen LogP contribution in [0.15, 0.2) is 48.5 Å². The molecule has 0 radical (unpaired) electrons. The molecule has 0 saturated carbocycles. The molecule has 6 nitrogen and oxygen atoms in total. The van der Waals surface area contributed by atoms with Crippen LogP contribution in [-0.4, -0.2) is 43.0 Å². The molecule has 7 heteroatoms. The minimum absolute atomic E-state index is 0.415. The molecule has 1 fully saturated rings. The molecule has 0 aliphatic carbocycles. The van der Waals surface area contributed by atoms with E-state index in [0.29, 0.717) is 49.4 Å². The highest BCUT2D eigenvalue weighted by Gasteiger charge is 2.23. The number of morpholine rings is 1. The quantitative estimate of drug-likeness (QED) is 0.835. The summed E-state index contributed by atoms with van der Waals surface area (Å²) < 4.78 is 10.9. The zero-order valence-corrected chi connectivity index (χ0v) is 14.9. The van der Waals surface area contributed by atoms with Crippen molar-refractivity contribution in [1.82, 2.24) is 4.90 Å². The molecule has 3 rings (SSSR count). The normalized spacial score (nSPS) is 14.0. The minimum atomic E-state index is -0.651. The third-order valence-electron chi connectivity index (χ3n) is 3.92. The van der Waals surface area contributed by atoms with E-state index in [9.17, 15) is 9.59 Å². The van der Waals surface area contributed by atoms with Crippen LogP contribution in [0.3, 0.4) is 0 Å². The van der Waals surface area contributed by atoms with Crippen molar-refractivity contribution in [1.29, 1.82) is 0 Å². The van der Waals surface area contributed by atoms with E-state index in [2.05, 4.69) is 5.32 Å². The molecule has 1 saturated heterocycles. The van der Waals surface area contributed by atoms with E-state index in [1.165, 1.54) is 4.90 Å². The van der Waals surface area contributed by atoms with Gasteiger partial charge in [0.1, 0.15) is 12.4 Å². The first-order valence-electron chi connectivity index (χ1n) is 8.27. The third-order valence-corrected chi connectivity index (χ3v) is 4.18. The maximum absolute atomic E-state index is 12.1. The van der Waals surface area contributed by atoms with Crippen molar-refractivity contribution in [2.75, 3.05) is 31.6 Å². The summed E-state index contributed by atoms with van der Waals surface area (Å²) in [4.78, 5) is 25.6. The molecular weight excluding hydrogens is 356 g/mol. The Bertz CT molecular complexity index is 756. The van der Waals surface area contributed by atoms with Gasteiger partial charge in [0.05, 0.1) is 13.2 Å². The van der Waals surface area contributed by atoms with Crippen LogP contribution in [0.5, 0.6) is 5.75 Å². The summed E-state index contributed by atoms with van der Waals surface area (Å²) in [6.45, 7) is 2.20. The second kappa shape index (κ2) is 8.69. The number of nitrogens with one attached hydrogen (secondary N) is 1. The van der Waals surface area contributed by atoms with E-state index in [1.807, 2.05) is 24.3 Å². The fourth-order valence-electron chi connectivity index (χ4n) is 2.48. The zero-order chi connectivity index (χ0) is 18.4. The predicted molar refractivity (Wildman–Crippen MR) is 98.3 cm³/mol. The van der Waals surface area contributed by atoms with Crippen LogP contribution < -0.4 is 10.1 Å². The molecule has 1 N–H and O–H groups in total. The van der Waals surface area contributed by atoms with Crippen molar-refractivity contribution >= 4 is 29.1 Å². The Hall–Kier alpha value is -2.57. The van der Waals surface area contributed by atoms with Crippen molar-refractivity contribution in [2.24, 2.45) is 0 Å². The number of hydrogen-bond donors (Lipinski definition) is 1. The number of hydrogen-bond acceptors (Lipinski definition) is 4. The summed E-state index contributed by atoms with van der Waals surface area (Å²) in [5.41, 5.74) is 1.54. The molecule has 0 spiro atoms. The topological polar surface area (TPSA) is 67.9 Å². The van der Waals surface area contributed by atoms with Gasteiger partial charge in [0.15, 0.2) is 0 Å². The number of benzene rings is 2. The van der Waals surface area contributed by atoms with Crippen LogP contribution in [-0.2, 0) is 20.9 Å². The summed E-state index contributed by atoms with van der Waals surface area (Å²) >= 11 is 5.85. The molecule has 2 amide bonds. The van der Waals surface area contributed by atoms with Crippen LogP contribution in [0.2, 0.25) is 5.02 Å². The molecular formula is C19H19ClN2O4. The number of rotatable bonds is 4. The van der Waals surface area contributed by atoms with Crippen molar-refractivity contribution in [3.63, 3.8) is 0 Å². The van der Waals surface area contributed by atoms with Crippen LogP contribution in [0.25, 0.3) is 0 Å².